The first-order valence-electron chi connectivity index (χ1n) is 6.94. The summed E-state index contributed by atoms with van der Waals surface area (Å²) in [5.41, 5.74) is 0. The van der Waals surface area contributed by atoms with E-state index < -0.39 is 10.2 Å². The van der Waals surface area contributed by atoms with Gasteiger partial charge in [-0.05, 0) is 44.7 Å². The van der Waals surface area contributed by atoms with Crippen LogP contribution in [0.25, 0.3) is 0 Å². The molecule has 0 spiro atoms. The molecule has 0 aromatic carbocycles. The molecule has 0 bridgehead atoms. The van der Waals surface area contributed by atoms with Crippen molar-refractivity contribution >= 4 is 22.6 Å². The van der Waals surface area contributed by atoms with Gasteiger partial charge in [0.1, 0.15) is 0 Å². The van der Waals surface area contributed by atoms with E-state index in [9.17, 15) is 8.42 Å². The Bertz CT molecular complexity index is 369. The van der Waals surface area contributed by atoms with Gasteiger partial charge in [-0.1, -0.05) is 6.92 Å². The zero-order valence-electron chi connectivity index (χ0n) is 11.8. The molecule has 2 fully saturated rings. The van der Waals surface area contributed by atoms with Gasteiger partial charge in [-0.2, -0.15) is 17.0 Å². The minimum Gasteiger partial charge on any atom is -0.319 e. The quantitative estimate of drug-likeness (QED) is 0.840. The second-order valence-electron chi connectivity index (χ2n) is 5.66. The first kappa shape index (κ1) is 17.2. The Morgan fingerprint density at radius 3 is 2.16 bits per heavy atom. The molecule has 0 saturated carbocycles. The van der Waals surface area contributed by atoms with Gasteiger partial charge in [-0.25, -0.2) is 0 Å². The zero-order chi connectivity index (χ0) is 13.2. The zero-order valence-corrected chi connectivity index (χ0v) is 13.5. The predicted molar refractivity (Wildman–Crippen MR) is 79.7 cm³/mol. The highest BCUT2D eigenvalue weighted by Gasteiger charge is 2.35. The summed E-state index contributed by atoms with van der Waals surface area (Å²) in [5.74, 6) is 1.13. The molecule has 1 atom stereocenters. The van der Waals surface area contributed by atoms with Crippen molar-refractivity contribution in [3.8, 4) is 0 Å². The van der Waals surface area contributed by atoms with E-state index in [0.717, 1.165) is 25.8 Å². The number of nitrogens with one attached hydrogen (secondary N) is 1. The van der Waals surface area contributed by atoms with Crippen LogP contribution in [0.3, 0.4) is 0 Å². The molecule has 2 rings (SSSR count). The van der Waals surface area contributed by atoms with Gasteiger partial charge < -0.3 is 5.32 Å². The van der Waals surface area contributed by atoms with Crippen LogP contribution in [0.1, 0.15) is 26.2 Å². The second-order valence-corrected chi connectivity index (χ2v) is 7.59. The number of nitrogens with zero attached hydrogens (tertiary/aromatic N) is 2. The normalized spacial score (nSPS) is 27.4. The summed E-state index contributed by atoms with van der Waals surface area (Å²) in [7, 11) is -1.23. The van der Waals surface area contributed by atoms with Crippen molar-refractivity contribution < 1.29 is 8.42 Å². The van der Waals surface area contributed by atoms with Crippen molar-refractivity contribution in [2.24, 2.45) is 11.8 Å². The van der Waals surface area contributed by atoms with Crippen molar-refractivity contribution in [3.63, 3.8) is 0 Å². The Labute approximate surface area is 123 Å². The summed E-state index contributed by atoms with van der Waals surface area (Å²) >= 11 is 0. The van der Waals surface area contributed by atoms with Crippen LogP contribution in [0.2, 0.25) is 0 Å². The summed E-state index contributed by atoms with van der Waals surface area (Å²) in [5, 5.41) is 3.17. The summed E-state index contributed by atoms with van der Waals surface area (Å²) in [6.07, 6.45) is 2.95. The van der Waals surface area contributed by atoms with Crippen LogP contribution in [0, 0.1) is 11.8 Å². The molecule has 0 aromatic heterocycles. The van der Waals surface area contributed by atoms with Gasteiger partial charge in [-0.3, -0.25) is 0 Å². The largest absolute Gasteiger partial charge is 0.319 e. The lowest BCUT2D eigenvalue weighted by molar-refractivity contribution is 0.256. The molecule has 2 heterocycles. The number of rotatable bonds is 4. The third kappa shape index (κ3) is 4.04. The predicted octanol–water partition coefficient (Wildman–Crippen LogP) is 0.926. The van der Waals surface area contributed by atoms with Crippen molar-refractivity contribution in [2.75, 3.05) is 39.8 Å². The molecule has 2 saturated heterocycles. The smallest absolute Gasteiger partial charge is 0.281 e. The molecule has 2 aliphatic heterocycles. The van der Waals surface area contributed by atoms with Crippen molar-refractivity contribution in [3.05, 3.63) is 0 Å². The first-order chi connectivity index (χ1) is 8.54. The SMILES string of the molecule is CNCC1CCN(S(=O)(=O)N2CCC(C)C2)CC1.Cl. The van der Waals surface area contributed by atoms with Crippen LogP contribution in [0.4, 0.5) is 0 Å². The average Bonchev–Trinajstić information content (AvgIpc) is 2.78. The van der Waals surface area contributed by atoms with Crippen molar-refractivity contribution in [1.82, 2.24) is 13.9 Å². The first-order valence-corrected chi connectivity index (χ1v) is 8.33. The maximum Gasteiger partial charge on any atom is 0.281 e. The highest BCUT2D eigenvalue weighted by Crippen LogP contribution is 2.25. The lowest BCUT2D eigenvalue weighted by Crippen LogP contribution is -2.47. The molecule has 0 aromatic rings. The van der Waals surface area contributed by atoms with E-state index in [4.69, 9.17) is 0 Å². The van der Waals surface area contributed by atoms with E-state index in [1.807, 2.05) is 7.05 Å². The molecule has 0 aliphatic carbocycles. The molecule has 19 heavy (non-hydrogen) atoms. The summed E-state index contributed by atoms with van der Waals surface area (Å²) < 4.78 is 28.2. The van der Waals surface area contributed by atoms with Gasteiger partial charge >= 0.3 is 0 Å². The van der Waals surface area contributed by atoms with Gasteiger partial charge in [0.15, 0.2) is 0 Å². The third-order valence-corrected chi connectivity index (χ3v) is 6.11. The molecule has 114 valence electrons. The van der Waals surface area contributed by atoms with E-state index in [0.29, 0.717) is 38.0 Å². The van der Waals surface area contributed by atoms with Crippen LogP contribution in [-0.4, -0.2) is 56.8 Å². The summed E-state index contributed by atoms with van der Waals surface area (Å²) in [4.78, 5) is 0. The number of halogens is 1. The summed E-state index contributed by atoms with van der Waals surface area (Å²) in [6.45, 7) is 5.86. The van der Waals surface area contributed by atoms with Crippen LogP contribution < -0.4 is 5.32 Å². The molecule has 5 nitrogen and oxygen atoms in total. The molecular weight excluding hydrogens is 286 g/mol. The monoisotopic (exact) mass is 311 g/mol. The fourth-order valence-corrected chi connectivity index (χ4v) is 4.68. The van der Waals surface area contributed by atoms with Gasteiger partial charge in [0.25, 0.3) is 10.2 Å². The van der Waals surface area contributed by atoms with E-state index in [2.05, 4.69) is 12.2 Å². The minimum atomic E-state index is -3.19. The van der Waals surface area contributed by atoms with E-state index in [1.165, 1.54) is 0 Å². The van der Waals surface area contributed by atoms with Crippen LogP contribution in [-0.2, 0) is 10.2 Å². The number of hydrogen-bond donors (Lipinski definition) is 1. The highest BCUT2D eigenvalue weighted by atomic mass is 35.5. The topological polar surface area (TPSA) is 52.7 Å². The fraction of sp³-hybridized carbons (Fsp3) is 1.00. The average molecular weight is 312 g/mol. The van der Waals surface area contributed by atoms with Gasteiger partial charge in [0, 0.05) is 26.2 Å². The lowest BCUT2D eigenvalue weighted by Gasteiger charge is -2.33. The third-order valence-electron chi connectivity index (χ3n) is 4.11. The number of hydrogen-bond acceptors (Lipinski definition) is 3. The maximum absolute atomic E-state index is 12.4. The Morgan fingerprint density at radius 2 is 1.68 bits per heavy atom. The van der Waals surface area contributed by atoms with Gasteiger partial charge in [0.05, 0.1) is 0 Å². The summed E-state index contributed by atoms with van der Waals surface area (Å²) in [6, 6.07) is 0. The Morgan fingerprint density at radius 1 is 1.11 bits per heavy atom. The number of piperidine rings is 1. The van der Waals surface area contributed by atoms with Gasteiger partial charge in [0.2, 0.25) is 0 Å². The second kappa shape index (κ2) is 7.22. The fourth-order valence-electron chi connectivity index (χ4n) is 2.90. The van der Waals surface area contributed by atoms with E-state index >= 15 is 0 Å². The molecule has 0 amide bonds. The van der Waals surface area contributed by atoms with E-state index in [1.54, 1.807) is 8.61 Å². The van der Waals surface area contributed by atoms with Crippen molar-refractivity contribution in [1.29, 1.82) is 0 Å². The van der Waals surface area contributed by atoms with Crippen LogP contribution in [0.5, 0.6) is 0 Å². The Kier molecular flexibility index (Phi) is 6.53. The molecule has 0 radical (unpaired) electrons. The van der Waals surface area contributed by atoms with Crippen LogP contribution >= 0.6 is 12.4 Å². The Hall–Kier alpha value is 0.120. The maximum atomic E-state index is 12.4. The molecular formula is C12H26ClN3O2S. The lowest BCUT2D eigenvalue weighted by atomic mass is 9.98. The molecule has 7 heteroatoms. The van der Waals surface area contributed by atoms with Crippen molar-refractivity contribution in [2.45, 2.75) is 26.2 Å². The molecule has 1 unspecified atom stereocenters. The highest BCUT2D eigenvalue weighted by molar-refractivity contribution is 7.86. The molecule has 2 aliphatic rings. The standard InChI is InChI=1S/C12H25N3O2S.ClH/c1-11-3-6-15(10-11)18(16,17)14-7-4-12(5-8-14)9-13-2;/h11-13H,3-10H2,1-2H3;1H. The van der Waals surface area contributed by atoms with Gasteiger partial charge in [-0.15, -0.1) is 12.4 Å². The van der Waals surface area contributed by atoms with Crippen LogP contribution in [0.15, 0.2) is 0 Å². The Balaban J connectivity index is 0.00000180. The van der Waals surface area contributed by atoms with E-state index in [-0.39, 0.29) is 12.4 Å². The molecule has 1 N–H and O–H groups in total. The minimum absolute atomic E-state index is 0.